The lowest BCUT2D eigenvalue weighted by Crippen LogP contribution is -2.36. The molecule has 0 amide bonds. The third kappa shape index (κ3) is 2.23. The van der Waals surface area contributed by atoms with Crippen LogP contribution >= 0.6 is 11.6 Å². The van der Waals surface area contributed by atoms with Crippen molar-refractivity contribution >= 4 is 23.1 Å². The van der Waals surface area contributed by atoms with Crippen molar-refractivity contribution < 1.29 is 10.0 Å². The maximum Gasteiger partial charge on any atom is 0.329 e. The molecule has 1 aliphatic heterocycles. The fourth-order valence-corrected chi connectivity index (χ4v) is 2.36. The first-order chi connectivity index (χ1) is 8.54. The van der Waals surface area contributed by atoms with Crippen LogP contribution in [0.1, 0.15) is 13.3 Å². The van der Waals surface area contributed by atoms with E-state index in [4.69, 9.17) is 11.6 Å². The summed E-state index contributed by atoms with van der Waals surface area (Å²) in [6, 6.07) is -0.172. The van der Waals surface area contributed by atoms with Gasteiger partial charge in [0.1, 0.15) is 6.20 Å². The molecule has 7 nitrogen and oxygen atoms in total. The monoisotopic (exact) mass is 272 g/mol. The van der Waals surface area contributed by atoms with E-state index >= 15 is 0 Å². The van der Waals surface area contributed by atoms with Gasteiger partial charge in [-0.1, -0.05) is 6.92 Å². The predicted octanol–water partition coefficient (Wildman–Crippen LogP) is 1.25. The Bertz CT molecular complexity index is 470. The molecule has 2 unspecified atom stereocenters. The molecule has 0 aliphatic carbocycles. The van der Waals surface area contributed by atoms with Crippen molar-refractivity contribution in [2.24, 2.45) is 5.92 Å². The average Bonchev–Trinajstić information content (AvgIpc) is 2.69. The molecule has 1 aliphatic rings. The molecule has 0 bridgehead atoms. The number of aliphatic hydroxyl groups is 1. The van der Waals surface area contributed by atoms with Crippen molar-refractivity contribution in [2.45, 2.75) is 19.4 Å². The lowest BCUT2D eigenvalue weighted by atomic mass is 10.0. The Morgan fingerprint density at radius 1 is 1.72 bits per heavy atom. The Labute approximate surface area is 109 Å². The fraction of sp³-hybridized carbons (Fsp3) is 0.600. The largest absolute Gasteiger partial charge is 0.394 e. The van der Waals surface area contributed by atoms with Gasteiger partial charge >= 0.3 is 5.69 Å². The van der Waals surface area contributed by atoms with E-state index in [2.05, 4.69) is 9.97 Å². The van der Waals surface area contributed by atoms with Crippen LogP contribution in [-0.4, -0.2) is 39.2 Å². The van der Waals surface area contributed by atoms with Gasteiger partial charge < -0.3 is 10.0 Å². The van der Waals surface area contributed by atoms with E-state index in [1.807, 2.05) is 6.92 Å². The number of anilines is 1. The van der Waals surface area contributed by atoms with Crippen molar-refractivity contribution in [2.75, 3.05) is 18.1 Å². The van der Waals surface area contributed by atoms with Gasteiger partial charge in [-0.2, -0.15) is 4.98 Å². The molecule has 98 valence electrons. The first kappa shape index (κ1) is 13.0. The summed E-state index contributed by atoms with van der Waals surface area (Å²) < 4.78 is 0. The second-order valence-corrected chi connectivity index (χ2v) is 4.65. The Morgan fingerprint density at radius 3 is 3.06 bits per heavy atom. The van der Waals surface area contributed by atoms with Crippen LogP contribution in [0.15, 0.2) is 6.20 Å². The van der Waals surface area contributed by atoms with Crippen LogP contribution in [0.5, 0.6) is 0 Å². The van der Waals surface area contributed by atoms with Crippen molar-refractivity contribution in [3.63, 3.8) is 0 Å². The molecule has 0 saturated carbocycles. The van der Waals surface area contributed by atoms with E-state index in [0.29, 0.717) is 6.54 Å². The number of rotatable bonds is 3. The van der Waals surface area contributed by atoms with E-state index in [-0.39, 0.29) is 35.4 Å². The van der Waals surface area contributed by atoms with Gasteiger partial charge in [-0.25, -0.2) is 4.98 Å². The molecule has 2 heterocycles. The minimum atomic E-state index is -0.539. The minimum Gasteiger partial charge on any atom is -0.394 e. The Hall–Kier alpha value is -1.47. The number of nitrogens with zero attached hydrogens (tertiary/aromatic N) is 4. The highest BCUT2D eigenvalue weighted by molar-refractivity contribution is 6.28. The van der Waals surface area contributed by atoms with Crippen LogP contribution in [0.4, 0.5) is 11.5 Å². The molecule has 1 aromatic heterocycles. The summed E-state index contributed by atoms with van der Waals surface area (Å²) in [6.07, 6.45) is 1.95. The molecule has 8 heteroatoms. The van der Waals surface area contributed by atoms with Crippen molar-refractivity contribution in [1.82, 2.24) is 9.97 Å². The first-order valence-electron chi connectivity index (χ1n) is 5.59. The molecule has 1 saturated heterocycles. The normalized spacial score (nSPS) is 23.4. The first-order valence-corrected chi connectivity index (χ1v) is 5.96. The zero-order chi connectivity index (χ0) is 13.3. The smallest absolute Gasteiger partial charge is 0.329 e. The summed E-state index contributed by atoms with van der Waals surface area (Å²) in [4.78, 5) is 19.7. The van der Waals surface area contributed by atoms with Crippen LogP contribution in [0.25, 0.3) is 0 Å². The third-order valence-electron chi connectivity index (χ3n) is 3.26. The minimum absolute atomic E-state index is 0.0353. The lowest BCUT2D eigenvalue weighted by molar-refractivity contribution is -0.384. The molecule has 1 N–H and O–H groups in total. The molecular formula is C10H13ClN4O3. The molecule has 0 radical (unpaired) electrons. The van der Waals surface area contributed by atoms with Gasteiger partial charge in [-0.05, 0) is 23.9 Å². The fourth-order valence-electron chi connectivity index (χ4n) is 2.24. The molecule has 2 rings (SSSR count). The van der Waals surface area contributed by atoms with E-state index in [1.165, 1.54) is 0 Å². The zero-order valence-electron chi connectivity index (χ0n) is 9.78. The zero-order valence-corrected chi connectivity index (χ0v) is 10.5. The SMILES string of the molecule is CC1CCN(c2nc(Cl)ncc2[N+](=O)[O-])C1CO. The van der Waals surface area contributed by atoms with E-state index in [0.717, 1.165) is 12.6 Å². The molecule has 1 aromatic rings. The van der Waals surface area contributed by atoms with E-state index in [1.54, 1.807) is 4.90 Å². The quantitative estimate of drug-likeness (QED) is 0.506. The topological polar surface area (TPSA) is 92.4 Å². The summed E-state index contributed by atoms with van der Waals surface area (Å²) >= 11 is 5.69. The summed E-state index contributed by atoms with van der Waals surface area (Å²) in [6.45, 7) is 2.54. The number of halogens is 1. The average molecular weight is 273 g/mol. The van der Waals surface area contributed by atoms with Gasteiger partial charge in [0.15, 0.2) is 0 Å². The van der Waals surface area contributed by atoms with Crippen LogP contribution in [-0.2, 0) is 0 Å². The lowest BCUT2D eigenvalue weighted by Gasteiger charge is -2.25. The second kappa shape index (κ2) is 5.03. The number of aliphatic hydroxyl groups excluding tert-OH is 1. The highest BCUT2D eigenvalue weighted by Crippen LogP contribution is 2.34. The molecule has 18 heavy (non-hydrogen) atoms. The summed E-state index contributed by atoms with van der Waals surface area (Å²) in [7, 11) is 0. The van der Waals surface area contributed by atoms with Crippen molar-refractivity contribution in [3.05, 3.63) is 21.6 Å². The van der Waals surface area contributed by atoms with Gasteiger partial charge in [-0.3, -0.25) is 10.1 Å². The highest BCUT2D eigenvalue weighted by atomic mass is 35.5. The third-order valence-corrected chi connectivity index (χ3v) is 3.44. The van der Waals surface area contributed by atoms with E-state index in [9.17, 15) is 15.2 Å². The standard InChI is InChI=1S/C10H13ClN4O3/c1-6-2-3-14(8(6)5-16)9-7(15(17)18)4-12-10(11)13-9/h4,6,8,16H,2-3,5H2,1H3. The number of hydrogen-bond acceptors (Lipinski definition) is 6. The Kier molecular flexibility index (Phi) is 3.63. The van der Waals surface area contributed by atoms with Crippen LogP contribution in [0.2, 0.25) is 5.28 Å². The second-order valence-electron chi connectivity index (χ2n) is 4.31. The molecule has 2 atom stereocenters. The Balaban J connectivity index is 2.43. The van der Waals surface area contributed by atoms with Gasteiger partial charge in [0.05, 0.1) is 17.6 Å². The number of aromatic nitrogens is 2. The van der Waals surface area contributed by atoms with Gasteiger partial charge in [-0.15, -0.1) is 0 Å². The Morgan fingerprint density at radius 2 is 2.44 bits per heavy atom. The molecular weight excluding hydrogens is 260 g/mol. The van der Waals surface area contributed by atoms with Gasteiger partial charge in [0.2, 0.25) is 11.1 Å². The van der Waals surface area contributed by atoms with Crippen LogP contribution < -0.4 is 4.90 Å². The molecule has 1 fully saturated rings. The number of hydrogen-bond donors (Lipinski definition) is 1. The van der Waals surface area contributed by atoms with Crippen molar-refractivity contribution in [1.29, 1.82) is 0 Å². The van der Waals surface area contributed by atoms with E-state index < -0.39 is 4.92 Å². The summed E-state index contributed by atoms with van der Waals surface area (Å²) in [5.41, 5.74) is -0.188. The molecule has 0 spiro atoms. The van der Waals surface area contributed by atoms with Gasteiger partial charge in [0, 0.05) is 6.54 Å². The van der Waals surface area contributed by atoms with Gasteiger partial charge in [0.25, 0.3) is 0 Å². The summed E-state index contributed by atoms with van der Waals surface area (Å²) in [5.74, 6) is 0.437. The number of nitro groups is 1. The van der Waals surface area contributed by atoms with Crippen LogP contribution in [0, 0.1) is 16.0 Å². The van der Waals surface area contributed by atoms with Crippen LogP contribution in [0.3, 0.4) is 0 Å². The maximum atomic E-state index is 11.0. The summed E-state index contributed by atoms with van der Waals surface area (Å²) in [5, 5.41) is 20.3. The highest BCUT2D eigenvalue weighted by Gasteiger charge is 2.35. The van der Waals surface area contributed by atoms with Crippen molar-refractivity contribution in [3.8, 4) is 0 Å². The predicted molar refractivity (Wildman–Crippen MR) is 65.7 cm³/mol. The maximum absolute atomic E-state index is 11.0. The molecule has 0 aromatic carbocycles.